The Hall–Kier alpha value is -2.09. The maximum absolute atomic E-state index is 12.9. The first-order chi connectivity index (χ1) is 10.8. The lowest BCUT2D eigenvalue weighted by Gasteiger charge is -2.25. The lowest BCUT2D eigenvalue weighted by Crippen LogP contribution is -2.34. The molecular formula is C20H23NO. The smallest absolute Gasteiger partial charge is 0.254 e. The van der Waals surface area contributed by atoms with Crippen LogP contribution in [0.15, 0.2) is 54.6 Å². The van der Waals surface area contributed by atoms with Crippen LogP contribution < -0.4 is 0 Å². The summed E-state index contributed by atoms with van der Waals surface area (Å²) in [6.07, 6.45) is 3.46. The van der Waals surface area contributed by atoms with Crippen LogP contribution in [-0.2, 0) is 0 Å². The Morgan fingerprint density at radius 2 is 1.73 bits per heavy atom. The number of hydrogen-bond acceptors (Lipinski definition) is 1. The third kappa shape index (κ3) is 3.22. The molecule has 0 aliphatic carbocycles. The highest BCUT2D eigenvalue weighted by atomic mass is 16.2. The molecule has 1 saturated heterocycles. The van der Waals surface area contributed by atoms with Gasteiger partial charge >= 0.3 is 0 Å². The molecule has 3 rings (SSSR count). The van der Waals surface area contributed by atoms with Gasteiger partial charge in [0.2, 0.25) is 0 Å². The van der Waals surface area contributed by atoms with E-state index >= 15 is 0 Å². The average Bonchev–Trinajstić information content (AvgIpc) is 2.82. The summed E-state index contributed by atoms with van der Waals surface area (Å²) < 4.78 is 0. The molecule has 2 aromatic carbocycles. The van der Waals surface area contributed by atoms with Gasteiger partial charge in [0.15, 0.2) is 0 Å². The van der Waals surface area contributed by atoms with Crippen LogP contribution in [0.2, 0.25) is 0 Å². The number of carbonyl (C=O) groups excluding carboxylic acids is 1. The molecule has 0 bridgehead atoms. The van der Waals surface area contributed by atoms with Crippen molar-refractivity contribution < 1.29 is 4.79 Å². The van der Waals surface area contributed by atoms with Crippen LogP contribution >= 0.6 is 0 Å². The van der Waals surface area contributed by atoms with Crippen molar-refractivity contribution in [1.82, 2.24) is 4.90 Å². The van der Waals surface area contributed by atoms with Crippen molar-refractivity contribution in [2.75, 3.05) is 13.1 Å². The van der Waals surface area contributed by atoms with Crippen molar-refractivity contribution >= 4 is 5.91 Å². The zero-order valence-corrected chi connectivity index (χ0v) is 13.2. The standard InChI is InChI=1S/C20H23NO/c1-16-9-5-6-13-19(16)20(22)21-14-8-7-12-18(15-21)17-10-3-2-4-11-17/h2-6,9-11,13,18H,7-8,12,14-15H2,1H3. The highest BCUT2D eigenvalue weighted by Crippen LogP contribution is 2.27. The van der Waals surface area contributed by atoms with Gasteiger partial charge in [0.1, 0.15) is 0 Å². The number of amides is 1. The topological polar surface area (TPSA) is 20.3 Å². The lowest BCUT2D eigenvalue weighted by molar-refractivity contribution is 0.0754. The van der Waals surface area contributed by atoms with E-state index < -0.39 is 0 Å². The average molecular weight is 293 g/mol. The molecule has 0 radical (unpaired) electrons. The van der Waals surface area contributed by atoms with Crippen molar-refractivity contribution in [3.05, 3.63) is 71.3 Å². The first kappa shape index (κ1) is 14.8. The van der Waals surface area contributed by atoms with E-state index in [1.807, 2.05) is 36.1 Å². The molecule has 2 heteroatoms. The first-order valence-electron chi connectivity index (χ1n) is 8.15. The van der Waals surface area contributed by atoms with Gasteiger partial charge in [0.25, 0.3) is 5.91 Å². The summed E-state index contributed by atoms with van der Waals surface area (Å²) in [7, 11) is 0. The summed E-state index contributed by atoms with van der Waals surface area (Å²) in [6, 6.07) is 18.5. The number of likely N-dealkylation sites (tertiary alicyclic amines) is 1. The van der Waals surface area contributed by atoms with Gasteiger partial charge < -0.3 is 4.90 Å². The van der Waals surface area contributed by atoms with Gasteiger partial charge in [0, 0.05) is 24.6 Å². The number of benzene rings is 2. The monoisotopic (exact) mass is 293 g/mol. The Balaban J connectivity index is 1.81. The largest absolute Gasteiger partial charge is 0.338 e. The van der Waals surface area contributed by atoms with Crippen LogP contribution in [0.5, 0.6) is 0 Å². The van der Waals surface area contributed by atoms with Crippen LogP contribution in [-0.4, -0.2) is 23.9 Å². The molecule has 2 nitrogen and oxygen atoms in total. The summed E-state index contributed by atoms with van der Waals surface area (Å²) in [4.78, 5) is 14.9. The van der Waals surface area contributed by atoms with E-state index in [9.17, 15) is 4.79 Å². The molecule has 0 saturated carbocycles. The minimum absolute atomic E-state index is 0.181. The molecule has 0 spiro atoms. The van der Waals surface area contributed by atoms with E-state index in [-0.39, 0.29) is 5.91 Å². The molecule has 0 N–H and O–H groups in total. The fourth-order valence-electron chi connectivity index (χ4n) is 3.31. The van der Waals surface area contributed by atoms with Crippen molar-refractivity contribution in [2.24, 2.45) is 0 Å². The van der Waals surface area contributed by atoms with Crippen molar-refractivity contribution in [1.29, 1.82) is 0 Å². The Morgan fingerprint density at radius 1 is 1.00 bits per heavy atom. The fourth-order valence-corrected chi connectivity index (χ4v) is 3.31. The molecule has 1 fully saturated rings. The quantitative estimate of drug-likeness (QED) is 0.803. The number of aryl methyl sites for hydroxylation is 1. The highest BCUT2D eigenvalue weighted by Gasteiger charge is 2.24. The molecule has 1 amide bonds. The molecule has 0 aromatic heterocycles. The van der Waals surface area contributed by atoms with Crippen molar-refractivity contribution in [2.45, 2.75) is 32.1 Å². The Kier molecular flexibility index (Phi) is 4.57. The minimum atomic E-state index is 0.181. The van der Waals surface area contributed by atoms with Crippen molar-refractivity contribution in [3.63, 3.8) is 0 Å². The predicted octanol–water partition coefficient (Wildman–Crippen LogP) is 4.40. The van der Waals surface area contributed by atoms with Gasteiger partial charge in [-0.1, -0.05) is 55.0 Å². The lowest BCUT2D eigenvalue weighted by atomic mass is 9.94. The third-order valence-corrected chi connectivity index (χ3v) is 4.61. The second-order valence-electron chi connectivity index (χ2n) is 6.17. The molecule has 1 aliphatic heterocycles. The van der Waals surface area contributed by atoms with Gasteiger partial charge in [-0.3, -0.25) is 4.79 Å². The van der Waals surface area contributed by atoms with E-state index in [2.05, 4.69) is 30.3 Å². The van der Waals surface area contributed by atoms with Gasteiger partial charge in [-0.15, -0.1) is 0 Å². The van der Waals surface area contributed by atoms with E-state index in [4.69, 9.17) is 0 Å². The van der Waals surface area contributed by atoms with Crippen molar-refractivity contribution in [3.8, 4) is 0 Å². The molecule has 1 atom stereocenters. The second-order valence-corrected chi connectivity index (χ2v) is 6.17. The normalized spacial score (nSPS) is 18.8. The van der Waals surface area contributed by atoms with Gasteiger partial charge in [-0.25, -0.2) is 0 Å². The summed E-state index contributed by atoms with van der Waals surface area (Å²) >= 11 is 0. The minimum Gasteiger partial charge on any atom is -0.338 e. The van der Waals surface area contributed by atoms with Gasteiger partial charge in [-0.05, 0) is 37.0 Å². The molecule has 1 unspecified atom stereocenters. The zero-order valence-electron chi connectivity index (χ0n) is 13.2. The number of rotatable bonds is 2. The molecular weight excluding hydrogens is 270 g/mol. The highest BCUT2D eigenvalue weighted by molar-refractivity contribution is 5.95. The maximum Gasteiger partial charge on any atom is 0.254 e. The number of carbonyl (C=O) groups is 1. The molecule has 22 heavy (non-hydrogen) atoms. The Labute approximate surface area is 132 Å². The van der Waals surface area contributed by atoms with Crippen LogP contribution in [0.3, 0.4) is 0 Å². The van der Waals surface area contributed by atoms with Crippen LogP contribution in [0.4, 0.5) is 0 Å². The van der Waals surface area contributed by atoms with Crippen LogP contribution in [0, 0.1) is 6.92 Å². The molecule has 114 valence electrons. The predicted molar refractivity (Wildman–Crippen MR) is 90.1 cm³/mol. The number of hydrogen-bond donors (Lipinski definition) is 0. The third-order valence-electron chi connectivity index (χ3n) is 4.61. The first-order valence-corrected chi connectivity index (χ1v) is 8.15. The SMILES string of the molecule is Cc1ccccc1C(=O)N1CCCCC(c2ccccc2)C1. The number of nitrogens with zero attached hydrogens (tertiary/aromatic N) is 1. The van der Waals surface area contributed by atoms with E-state index in [0.717, 1.165) is 30.6 Å². The second kappa shape index (κ2) is 6.78. The molecule has 2 aromatic rings. The van der Waals surface area contributed by atoms with Crippen LogP contribution in [0.1, 0.15) is 46.7 Å². The van der Waals surface area contributed by atoms with Crippen LogP contribution in [0.25, 0.3) is 0 Å². The summed E-state index contributed by atoms with van der Waals surface area (Å²) in [5.41, 5.74) is 3.26. The zero-order chi connectivity index (χ0) is 15.4. The molecule has 1 heterocycles. The van der Waals surface area contributed by atoms with Gasteiger partial charge in [-0.2, -0.15) is 0 Å². The van der Waals surface area contributed by atoms with E-state index in [1.54, 1.807) is 0 Å². The Morgan fingerprint density at radius 3 is 2.50 bits per heavy atom. The summed E-state index contributed by atoms with van der Waals surface area (Å²) in [6.45, 7) is 3.72. The van der Waals surface area contributed by atoms with Gasteiger partial charge in [0.05, 0.1) is 0 Å². The summed E-state index contributed by atoms with van der Waals surface area (Å²) in [5.74, 6) is 0.637. The van der Waals surface area contributed by atoms with E-state index in [1.165, 1.54) is 18.4 Å². The maximum atomic E-state index is 12.9. The fraction of sp³-hybridized carbons (Fsp3) is 0.350. The molecule has 1 aliphatic rings. The van der Waals surface area contributed by atoms with E-state index in [0.29, 0.717) is 5.92 Å². The Bertz CT molecular complexity index is 635. The summed E-state index contributed by atoms with van der Waals surface area (Å²) in [5, 5.41) is 0.